The number of aromatic hydroxyl groups is 1. The fourth-order valence-corrected chi connectivity index (χ4v) is 1.93. The first-order chi connectivity index (χ1) is 7.52. The molecule has 4 nitrogen and oxygen atoms in total. The molecule has 0 radical (unpaired) electrons. The molecule has 0 heterocycles. The van der Waals surface area contributed by atoms with Crippen LogP contribution in [-0.4, -0.2) is 16.2 Å². The molecule has 0 aliphatic heterocycles. The van der Waals surface area contributed by atoms with Crippen LogP contribution in [0.4, 0.5) is 0 Å². The quantitative estimate of drug-likeness (QED) is 0.726. The van der Waals surface area contributed by atoms with Crippen molar-refractivity contribution in [1.82, 2.24) is 0 Å². The maximum Gasteiger partial charge on any atom is 0.336 e. The highest BCUT2D eigenvalue weighted by molar-refractivity contribution is 5.90. The fourth-order valence-electron chi connectivity index (χ4n) is 1.93. The van der Waals surface area contributed by atoms with Gasteiger partial charge in [-0.2, -0.15) is 0 Å². The van der Waals surface area contributed by atoms with Crippen molar-refractivity contribution < 1.29 is 15.0 Å². The molecule has 2 rings (SSSR count). The molecule has 0 aromatic heterocycles. The van der Waals surface area contributed by atoms with E-state index >= 15 is 0 Å². The monoisotopic (exact) mass is 221 g/mol. The third kappa shape index (κ3) is 1.76. The van der Waals surface area contributed by atoms with Crippen LogP contribution in [-0.2, 0) is 0 Å². The number of nitrogens with two attached hydrogens (primary N) is 1. The molecule has 1 aliphatic rings. The van der Waals surface area contributed by atoms with Crippen LogP contribution in [0, 0.1) is 12.8 Å². The van der Waals surface area contributed by atoms with Gasteiger partial charge in [0.05, 0.1) is 5.56 Å². The number of hydrogen-bond donors (Lipinski definition) is 3. The van der Waals surface area contributed by atoms with Crippen LogP contribution in [0.2, 0.25) is 0 Å². The molecule has 1 fully saturated rings. The van der Waals surface area contributed by atoms with Gasteiger partial charge in [0.15, 0.2) is 0 Å². The van der Waals surface area contributed by atoms with Crippen LogP contribution in [0.15, 0.2) is 12.1 Å². The highest BCUT2D eigenvalue weighted by atomic mass is 16.4. The lowest BCUT2D eigenvalue weighted by atomic mass is 9.94. The van der Waals surface area contributed by atoms with E-state index in [0.29, 0.717) is 17.0 Å². The number of phenols is 1. The molecule has 0 unspecified atom stereocenters. The summed E-state index contributed by atoms with van der Waals surface area (Å²) in [7, 11) is 0. The van der Waals surface area contributed by atoms with Crippen LogP contribution in [0.1, 0.15) is 40.4 Å². The summed E-state index contributed by atoms with van der Waals surface area (Å²) in [5.41, 5.74) is 7.15. The Morgan fingerprint density at radius 3 is 2.62 bits per heavy atom. The molecular weight excluding hydrogens is 206 g/mol. The molecule has 1 saturated carbocycles. The summed E-state index contributed by atoms with van der Waals surface area (Å²) in [4.78, 5) is 11.1. The summed E-state index contributed by atoms with van der Waals surface area (Å²) in [6.07, 6.45) is 2.02. The van der Waals surface area contributed by atoms with Crippen LogP contribution >= 0.6 is 0 Å². The molecule has 0 saturated heterocycles. The number of carbonyl (C=O) groups is 1. The van der Waals surface area contributed by atoms with Gasteiger partial charge < -0.3 is 15.9 Å². The van der Waals surface area contributed by atoms with Gasteiger partial charge in [0.25, 0.3) is 0 Å². The van der Waals surface area contributed by atoms with E-state index in [1.165, 1.54) is 6.07 Å². The van der Waals surface area contributed by atoms with E-state index in [9.17, 15) is 9.90 Å². The zero-order valence-corrected chi connectivity index (χ0v) is 9.10. The number of benzene rings is 1. The molecule has 0 spiro atoms. The minimum absolute atomic E-state index is 0.0271. The largest absolute Gasteiger partial charge is 0.507 e. The maximum atomic E-state index is 11.1. The Balaban J connectivity index is 2.53. The van der Waals surface area contributed by atoms with Crippen molar-refractivity contribution in [2.45, 2.75) is 25.8 Å². The number of aromatic carboxylic acids is 1. The van der Waals surface area contributed by atoms with E-state index in [0.717, 1.165) is 12.8 Å². The van der Waals surface area contributed by atoms with Gasteiger partial charge in [-0.1, -0.05) is 6.07 Å². The molecule has 16 heavy (non-hydrogen) atoms. The van der Waals surface area contributed by atoms with Gasteiger partial charge in [0.2, 0.25) is 0 Å². The highest BCUT2D eigenvalue weighted by Gasteiger charge is 2.33. The van der Waals surface area contributed by atoms with Gasteiger partial charge in [-0.05, 0) is 37.3 Å². The van der Waals surface area contributed by atoms with Gasteiger partial charge in [0.1, 0.15) is 5.75 Å². The van der Waals surface area contributed by atoms with Gasteiger partial charge in [-0.3, -0.25) is 0 Å². The van der Waals surface area contributed by atoms with E-state index in [2.05, 4.69) is 0 Å². The van der Waals surface area contributed by atoms with Crippen molar-refractivity contribution >= 4 is 5.97 Å². The molecule has 1 atom stereocenters. The normalized spacial score (nSPS) is 17.1. The molecule has 86 valence electrons. The molecule has 1 aliphatic carbocycles. The molecule has 0 bridgehead atoms. The van der Waals surface area contributed by atoms with Crippen molar-refractivity contribution in [3.05, 3.63) is 28.8 Å². The van der Waals surface area contributed by atoms with Crippen molar-refractivity contribution in [1.29, 1.82) is 0 Å². The van der Waals surface area contributed by atoms with E-state index in [1.54, 1.807) is 13.0 Å². The fraction of sp³-hybridized carbons (Fsp3) is 0.417. The third-order valence-corrected chi connectivity index (χ3v) is 3.11. The average Bonchev–Trinajstić information content (AvgIpc) is 3.04. The topological polar surface area (TPSA) is 83.5 Å². The zero-order chi connectivity index (χ0) is 11.9. The standard InChI is InChI=1S/C12H15NO3/c1-6-2-5-8(12(15)16)9(11(6)14)10(13)7-3-4-7/h2,5,7,10,14H,3-4,13H2,1H3,(H,15,16)/t10-/m1/s1. The minimum atomic E-state index is -1.04. The average molecular weight is 221 g/mol. The number of carboxylic acid groups (broad SMARTS) is 1. The van der Waals surface area contributed by atoms with E-state index in [1.807, 2.05) is 0 Å². The molecular formula is C12H15NO3. The van der Waals surface area contributed by atoms with Gasteiger partial charge in [-0.15, -0.1) is 0 Å². The summed E-state index contributed by atoms with van der Waals surface area (Å²) in [5.74, 6) is -0.702. The second-order valence-corrected chi connectivity index (χ2v) is 4.36. The van der Waals surface area contributed by atoms with E-state index in [-0.39, 0.29) is 17.4 Å². The van der Waals surface area contributed by atoms with E-state index < -0.39 is 5.97 Å². The first-order valence-corrected chi connectivity index (χ1v) is 5.33. The summed E-state index contributed by atoms with van der Waals surface area (Å²) in [6, 6.07) is 2.74. The van der Waals surface area contributed by atoms with Crippen molar-refractivity contribution in [2.24, 2.45) is 11.7 Å². The Hall–Kier alpha value is -1.55. The Bertz CT molecular complexity index is 438. The number of rotatable bonds is 3. The number of aryl methyl sites for hydroxylation is 1. The molecule has 1 aromatic carbocycles. The smallest absolute Gasteiger partial charge is 0.336 e. The lowest BCUT2D eigenvalue weighted by molar-refractivity contribution is 0.0694. The van der Waals surface area contributed by atoms with Crippen LogP contribution in [0.5, 0.6) is 5.75 Å². The highest BCUT2D eigenvalue weighted by Crippen LogP contribution is 2.43. The van der Waals surface area contributed by atoms with Gasteiger partial charge >= 0.3 is 5.97 Å². The SMILES string of the molecule is Cc1ccc(C(=O)O)c([C@H](N)C2CC2)c1O. The second-order valence-electron chi connectivity index (χ2n) is 4.36. The lowest BCUT2D eigenvalue weighted by Gasteiger charge is -2.17. The summed E-state index contributed by atoms with van der Waals surface area (Å²) in [5, 5.41) is 19.0. The summed E-state index contributed by atoms with van der Waals surface area (Å²) in [6.45, 7) is 1.74. The molecule has 4 heteroatoms. The summed E-state index contributed by atoms with van der Waals surface area (Å²) < 4.78 is 0. The maximum absolute atomic E-state index is 11.1. The first kappa shape index (κ1) is 11.0. The van der Waals surface area contributed by atoms with Crippen molar-refractivity contribution in [2.75, 3.05) is 0 Å². The van der Waals surface area contributed by atoms with Gasteiger partial charge in [-0.25, -0.2) is 4.79 Å². The Morgan fingerprint density at radius 1 is 1.50 bits per heavy atom. The van der Waals surface area contributed by atoms with Crippen molar-refractivity contribution in [3.63, 3.8) is 0 Å². The van der Waals surface area contributed by atoms with Crippen LogP contribution < -0.4 is 5.73 Å². The Kier molecular flexibility index (Phi) is 2.59. The predicted molar refractivity (Wildman–Crippen MR) is 59.5 cm³/mol. The van der Waals surface area contributed by atoms with Crippen LogP contribution in [0.3, 0.4) is 0 Å². The minimum Gasteiger partial charge on any atom is -0.507 e. The zero-order valence-electron chi connectivity index (χ0n) is 9.10. The molecule has 4 N–H and O–H groups in total. The van der Waals surface area contributed by atoms with Crippen molar-refractivity contribution in [3.8, 4) is 5.75 Å². The Labute approximate surface area is 93.7 Å². The third-order valence-electron chi connectivity index (χ3n) is 3.11. The van der Waals surface area contributed by atoms with Crippen LogP contribution in [0.25, 0.3) is 0 Å². The number of hydrogen-bond acceptors (Lipinski definition) is 3. The molecule has 1 aromatic rings. The van der Waals surface area contributed by atoms with E-state index in [4.69, 9.17) is 10.8 Å². The lowest BCUT2D eigenvalue weighted by Crippen LogP contribution is -2.17. The molecule has 0 amide bonds. The predicted octanol–water partition coefficient (Wildman–Crippen LogP) is 1.81. The summed E-state index contributed by atoms with van der Waals surface area (Å²) >= 11 is 0. The number of carboxylic acids is 1. The first-order valence-electron chi connectivity index (χ1n) is 5.33. The van der Waals surface area contributed by atoms with Gasteiger partial charge in [0, 0.05) is 11.6 Å². The number of phenolic OH excluding ortho intramolecular Hbond substituents is 1. The second kappa shape index (κ2) is 3.79. The Morgan fingerprint density at radius 2 is 2.12 bits per heavy atom.